The van der Waals surface area contributed by atoms with Crippen LogP contribution >= 0.6 is 0 Å². The largest absolute Gasteiger partial charge is 0.353 e. The van der Waals surface area contributed by atoms with Crippen LogP contribution in [0.15, 0.2) is 24.5 Å². The molecule has 0 radical (unpaired) electrons. The van der Waals surface area contributed by atoms with Crippen molar-refractivity contribution in [3.05, 3.63) is 24.5 Å². The van der Waals surface area contributed by atoms with E-state index in [9.17, 15) is 0 Å². The van der Waals surface area contributed by atoms with Crippen molar-refractivity contribution in [2.75, 3.05) is 11.4 Å². The molecule has 0 aliphatic rings. The summed E-state index contributed by atoms with van der Waals surface area (Å²) in [5.74, 6) is 0.892. The lowest BCUT2D eigenvalue weighted by molar-refractivity contribution is 0.676. The average molecular weight is 229 g/mol. The Labute approximate surface area is 100 Å². The van der Waals surface area contributed by atoms with Crippen LogP contribution < -0.4 is 4.90 Å². The van der Waals surface area contributed by atoms with Crippen LogP contribution in [-0.2, 0) is 0 Å². The van der Waals surface area contributed by atoms with Gasteiger partial charge in [0, 0.05) is 24.8 Å². The first kappa shape index (κ1) is 11.4. The molecule has 2 aromatic heterocycles. The number of anilines is 1. The Morgan fingerprint density at radius 2 is 2.29 bits per heavy atom. The summed E-state index contributed by atoms with van der Waals surface area (Å²) in [6.07, 6.45) is 4.12. The third kappa shape index (κ3) is 2.36. The summed E-state index contributed by atoms with van der Waals surface area (Å²) in [6, 6.07) is 6.28. The summed E-state index contributed by atoms with van der Waals surface area (Å²) in [5.41, 5.74) is 0.824. The molecule has 0 fully saturated rings. The van der Waals surface area contributed by atoms with Gasteiger partial charge in [0.05, 0.1) is 18.7 Å². The molecule has 0 N–H and O–H groups in total. The topological polar surface area (TPSA) is 57.2 Å². The average Bonchev–Trinajstić information content (AvgIpc) is 2.76. The van der Waals surface area contributed by atoms with Crippen molar-refractivity contribution in [1.29, 1.82) is 5.26 Å². The highest BCUT2D eigenvalue weighted by atomic mass is 15.3. The quantitative estimate of drug-likeness (QED) is 0.803. The van der Waals surface area contributed by atoms with Crippen molar-refractivity contribution in [2.45, 2.75) is 26.3 Å². The summed E-state index contributed by atoms with van der Waals surface area (Å²) in [7, 11) is 0. The molecule has 0 atom stereocenters. The zero-order chi connectivity index (χ0) is 12.3. The second kappa shape index (κ2) is 4.83. The second-order valence-corrected chi connectivity index (χ2v) is 4.11. The normalized spacial score (nSPS) is 10.7. The van der Waals surface area contributed by atoms with E-state index >= 15 is 0 Å². The Bertz CT molecular complexity index is 537. The van der Waals surface area contributed by atoms with E-state index in [1.165, 1.54) is 0 Å². The molecule has 0 saturated heterocycles. The van der Waals surface area contributed by atoms with Crippen molar-refractivity contribution >= 4 is 11.5 Å². The van der Waals surface area contributed by atoms with Gasteiger partial charge in [0.25, 0.3) is 0 Å². The summed E-state index contributed by atoms with van der Waals surface area (Å²) >= 11 is 0. The Morgan fingerprint density at radius 1 is 1.47 bits per heavy atom. The molecule has 5 nitrogen and oxygen atoms in total. The molecule has 2 heterocycles. The van der Waals surface area contributed by atoms with E-state index < -0.39 is 0 Å². The fourth-order valence-electron chi connectivity index (χ4n) is 1.77. The number of nitriles is 1. The summed E-state index contributed by atoms with van der Waals surface area (Å²) < 4.78 is 1.73. The molecule has 0 spiro atoms. The minimum absolute atomic E-state index is 0.321. The molecule has 0 saturated carbocycles. The third-order valence-corrected chi connectivity index (χ3v) is 2.63. The molecule has 5 heteroatoms. The third-order valence-electron chi connectivity index (χ3n) is 2.63. The van der Waals surface area contributed by atoms with Crippen molar-refractivity contribution in [3.63, 3.8) is 0 Å². The van der Waals surface area contributed by atoms with E-state index in [0.717, 1.165) is 11.5 Å². The fourth-order valence-corrected chi connectivity index (χ4v) is 1.77. The molecule has 88 valence electrons. The molecule has 0 amide bonds. The Morgan fingerprint density at radius 3 is 3.00 bits per heavy atom. The van der Waals surface area contributed by atoms with Gasteiger partial charge in [-0.1, -0.05) is 0 Å². The van der Waals surface area contributed by atoms with Gasteiger partial charge >= 0.3 is 0 Å². The zero-order valence-corrected chi connectivity index (χ0v) is 10.0. The van der Waals surface area contributed by atoms with Gasteiger partial charge in [-0.05, 0) is 19.9 Å². The molecule has 0 aliphatic carbocycles. The van der Waals surface area contributed by atoms with Crippen LogP contribution in [0.1, 0.15) is 20.3 Å². The van der Waals surface area contributed by atoms with E-state index in [2.05, 4.69) is 34.9 Å². The Balaban J connectivity index is 2.31. The standard InChI is InChI=1S/C12H15N5/c1-10(2)16(8-3-6-13)11-5-9-17-12(15-11)4-7-14-17/h4-5,7,9-10H,3,8H2,1-2H3. The molecular formula is C12H15N5. The summed E-state index contributed by atoms with van der Waals surface area (Å²) in [5, 5.41) is 12.8. The maximum Gasteiger partial charge on any atom is 0.157 e. The SMILES string of the molecule is CC(C)N(CCC#N)c1ccn2nccc2n1. The highest BCUT2D eigenvalue weighted by molar-refractivity contribution is 5.47. The number of rotatable bonds is 4. The first-order valence-corrected chi connectivity index (χ1v) is 5.66. The van der Waals surface area contributed by atoms with Gasteiger partial charge in [0.15, 0.2) is 5.65 Å². The number of fused-ring (bicyclic) bond motifs is 1. The van der Waals surface area contributed by atoms with Crippen molar-refractivity contribution < 1.29 is 0 Å². The Hall–Kier alpha value is -2.09. The molecule has 0 unspecified atom stereocenters. The first-order chi connectivity index (χ1) is 8.22. The highest BCUT2D eigenvalue weighted by Crippen LogP contribution is 2.15. The van der Waals surface area contributed by atoms with Gasteiger partial charge in [-0.2, -0.15) is 10.4 Å². The van der Waals surface area contributed by atoms with Crippen LogP contribution in [0.2, 0.25) is 0 Å². The number of hydrogen-bond acceptors (Lipinski definition) is 4. The van der Waals surface area contributed by atoms with E-state index in [-0.39, 0.29) is 0 Å². The molecule has 0 aliphatic heterocycles. The van der Waals surface area contributed by atoms with Gasteiger partial charge in [0.1, 0.15) is 5.82 Å². The van der Waals surface area contributed by atoms with Crippen LogP contribution in [0.3, 0.4) is 0 Å². The fraction of sp³-hybridized carbons (Fsp3) is 0.417. The lowest BCUT2D eigenvalue weighted by atomic mass is 10.3. The second-order valence-electron chi connectivity index (χ2n) is 4.11. The van der Waals surface area contributed by atoms with Crippen molar-refractivity contribution in [2.24, 2.45) is 0 Å². The summed E-state index contributed by atoms with van der Waals surface area (Å²) in [4.78, 5) is 6.65. The number of aromatic nitrogens is 3. The predicted octanol–water partition coefficient (Wildman–Crippen LogP) is 1.86. The van der Waals surface area contributed by atoms with E-state index in [1.807, 2.05) is 18.3 Å². The molecule has 2 rings (SSSR count). The van der Waals surface area contributed by atoms with Gasteiger partial charge < -0.3 is 4.90 Å². The van der Waals surface area contributed by atoms with Gasteiger partial charge in [0.2, 0.25) is 0 Å². The van der Waals surface area contributed by atoms with Crippen LogP contribution in [-0.4, -0.2) is 27.2 Å². The van der Waals surface area contributed by atoms with Gasteiger partial charge in [-0.25, -0.2) is 9.50 Å². The van der Waals surface area contributed by atoms with Crippen molar-refractivity contribution in [3.8, 4) is 6.07 Å². The minimum atomic E-state index is 0.321. The van der Waals surface area contributed by atoms with Crippen LogP contribution in [0.4, 0.5) is 5.82 Å². The maximum atomic E-state index is 8.67. The van der Waals surface area contributed by atoms with Crippen LogP contribution in [0, 0.1) is 11.3 Å². The number of nitrogens with zero attached hydrogens (tertiary/aromatic N) is 5. The Kier molecular flexibility index (Phi) is 3.24. The van der Waals surface area contributed by atoms with Gasteiger partial charge in [-0.15, -0.1) is 0 Å². The van der Waals surface area contributed by atoms with E-state index in [0.29, 0.717) is 19.0 Å². The van der Waals surface area contributed by atoms with Gasteiger partial charge in [-0.3, -0.25) is 0 Å². The first-order valence-electron chi connectivity index (χ1n) is 5.66. The lowest BCUT2D eigenvalue weighted by Gasteiger charge is -2.26. The zero-order valence-electron chi connectivity index (χ0n) is 10.0. The minimum Gasteiger partial charge on any atom is -0.353 e. The molecular weight excluding hydrogens is 214 g/mol. The van der Waals surface area contributed by atoms with E-state index in [4.69, 9.17) is 5.26 Å². The molecule has 0 aromatic carbocycles. The molecule has 2 aromatic rings. The van der Waals surface area contributed by atoms with E-state index in [1.54, 1.807) is 10.7 Å². The highest BCUT2D eigenvalue weighted by Gasteiger charge is 2.12. The maximum absolute atomic E-state index is 8.67. The summed E-state index contributed by atoms with van der Waals surface area (Å²) in [6.45, 7) is 4.89. The lowest BCUT2D eigenvalue weighted by Crippen LogP contribution is -2.32. The van der Waals surface area contributed by atoms with Crippen LogP contribution in [0.25, 0.3) is 5.65 Å². The van der Waals surface area contributed by atoms with Crippen LogP contribution in [0.5, 0.6) is 0 Å². The number of hydrogen-bond donors (Lipinski definition) is 0. The van der Waals surface area contributed by atoms with Crippen molar-refractivity contribution in [1.82, 2.24) is 14.6 Å². The molecule has 17 heavy (non-hydrogen) atoms. The molecule has 0 bridgehead atoms. The monoisotopic (exact) mass is 229 g/mol. The predicted molar refractivity (Wildman–Crippen MR) is 65.7 cm³/mol. The smallest absolute Gasteiger partial charge is 0.157 e.